The minimum atomic E-state index is -1.40. The topological polar surface area (TPSA) is 207 Å². The number of nitrogens with one attached hydrogen (secondary N) is 2. The summed E-state index contributed by atoms with van der Waals surface area (Å²) in [6, 6.07) is -0.961. The molecular weight excluding hydrogens is 572 g/mol. The van der Waals surface area contributed by atoms with E-state index >= 15 is 0 Å². The number of rotatable bonds is 9. The molecule has 4 N–H and O–H groups in total. The lowest BCUT2D eigenvalue weighted by Gasteiger charge is -2.44. The fraction of sp³-hybridized carbons (Fsp3) is 0.792. The van der Waals surface area contributed by atoms with Crippen LogP contribution in [0.5, 0.6) is 0 Å². The van der Waals surface area contributed by atoms with Gasteiger partial charge in [-0.05, 0) is 26.1 Å². The van der Waals surface area contributed by atoms with Gasteiger partial charge >= 0.3 is 23.9 Å². The Morgan fingerprint density at radius 2 is 1.49 bits per heavy atom. The average molecular weight is 609 g/mol. The molecule has 0 aliphatic carbocycles. The molecule has 3 fully saturated rings. The van der Waals surface area contributed by atoms with Gasteiger partial charge in [-0.3, -0.25) is 19.2 Å². The smallest absolute Gasteiger partial charge is 0.303 e. The predicted octanol–water partition coefficient (Wildman–Crippen LogP) is -1.87. The van der Waals surface area contributed by atoms with Crippen LogP contribution in [-0.2, 0) is 57.1 Å². The summed E-state index contributed by atoms with van der Waals surface area (Å²) >= 11 is 5.39. The van der Waals surface area contributed by atoms with Crippen LogP contribution < -0.4 is 10.6 Å². The van der Waals surface area contributed by atoms with E-state index in [2.05, 4.69) is 10.6 Å². The zero-order valence-electron chi connectivity index (χ0n) is 23.4. The van der Waals surface area contributed by atoms with Gasteiger partial charge < -0.3 is 58.7 Å². The summed E-state index contributed by atoms with van der Waals surface area (Å²) in [6.45, 7) is 6.86. The Kier molecular flexibility index (Phi) is 10.8. The lowest BCUT2D eigenvalue weighted by Crippen LogP contribution is -2.67. The number of aliphatic hydroxyl groups is 2. The Balaban J connectivity index is 1.80. The molecule has 0 bridgehead atoms. The first-order valence-electron chi connectivity index (χ1n) is 12.8. The summed E-state index contributed by atoms with van der Waals surface area (Å²) in [5.74, 6) is -3.97. The standard InChI is InChI=1S/C24H36N2O14S/c1-9(28)33-8-14-17(34-10(2)29)19(35-11(3)30)20(36-12(4)31)21(37-14)26-23(41)25-13(7-27)16-15(32)18-22(38-16)40-24(5,6)39-18/h13-22,27,32H,7-8H2,1-6H3,(H2,25,26,41)/t13-,14+,15-,16+,17+,18+,19-,20+,21+,22+/m0/s1. The third-order valence-corrected chi connectivity index (χ3v) is 6.46. The maximum absolute atomic E-state index is 12.0. The van der Waals surface area contributed by atoms with Crippen LogP contribution in [-0.4, -0.2) is 119 Å². The second kappa shape index (κ2) is 13.5. The van der Waals surface area contributed by atoms with E-state index in [1.165, 1.54) is 0 Å². The number of esters is 4. The van der Waals surface area contributed by atoms with Gasteiger partial charge in [0.05, 0.1) is 12.6 Å². The Morgan fingerprint density at radius 1 is 0.902 bits per heavy atom. The van der Waals surface area contributed by atoms with Crippen LogP contribution in [0, 0.1) is 0 Å². The summed E-state index contributed by atoms with van der Waals surface area (Å²) in [6.07, 6.45) is -10.5. The summed E-state index contributed by atoms with van der Waals surface area (Å²) in [4.78, 5) is 47.4. The second-order valence-corrected chi connectivity index (χ2v) is 10.5. The van der Waals surface area contributed by atoms with Crippen molar-refractivity contribution < 1.29 is 67.3 Å². The van der Waals surface area contributed by atoms with Crippen LogP contribution in [0.1, 0.15) is 41.5 Å². The number of carbonyl (C=O) groups is 4. The number of fused-ring (bicyclic) bond motifs is 1. The average Bonchev–Trinajstić information content (AvgIpc) is 3.31. The molecule has 0 aromatic carbocycles. The van der Waals surface area contributed by atoms with E-state index in [0.717, 1.165) is 27.7 Å². The van der Waals surface area contributed by atoms with Gasteiger partial charge in [0.2, 0.25) is 0 Å². The fourth-order valence-corrected chi connectivity index (χ4v) is 5.03. The molecular formula is C24H36N2O14S. The van der Waals surface area contributed by atoms with Crippen LogP contribution >= 0.6 is 12.2 Å². The first-order chi connectivity index (χ1) is 19.1. The number of hydrogen-bond donors (Lipinski definition) is 4. The summed E-state index contributed by atoms with van der Waals surface area (Å²) < 4.78 is 44.2. The van der Waals surface area contributed by atoms with Gasteiger partial charge in [-0.15, -0.1) is 0 Å². The molecule has 10 atom stereocenters. The van der Waals surface area contributed by atoms with Crippen LogP contribution in [0.3, 0.4) is 0 Å². The molecule has 0 aromatic rings. The molecule has 3 saturated heterocycles. The van der Waals surface area contributed by atoms with Crippen LogP contribution in [0.25, 0.3) is 0 Å². The second-order valence-electron chi connectivity index (χ2n) is 10.1. The highest BCUT2D eigenvalue weighted by Crippen LogP contribution is 2.38. The van der Waals surface area contributed by atoms with E-state index in [-0.39, 0.29) is 5.11 Å². The van der Waals surface area contributed by atoms with Gasteiger partial charge in [0, 0.05) is 27.7 Å². The minimum absolute atomic E-state index is 0.153. The molecule has 0 saturated carbocycles. The lowest BCUT2D eigenvalue weighted by atomic mass is 9.97. The molecule has 232 valence electrons. The number of hydrogen-bond acceptors (Lipinski definition) is 15. The van der Waals surface area contributed by atoms with E-state index in [1.54, 1.807) is 13.8 Å². The molecule has 3 aliphatic heterocycles. The maximum Gasteiger partial charge on any atom is 0.303 e. The molecule has 16 nitrogen and oxygen atoms in total. The molecule has 41 heavy (non-hydrogen) atoms. The number of ether oxygens (including phenoxy) is 8. The van der Waals surface area contributed by atoms with Gasteiger partial charge in [-0.2, -0.15) is 0 Å². The SMILES string of the molecule is CC(=O)OC[C@H]1O[C@@H](NC(=S)N[C@@H](CO)[C@H]2O[C@@H]3OC(C)(C)O[C@@H]3[C@H]2O)[C@H](OC(C)=O)[C@@H](OC(C)=O)[C@@H]1OC(C)=O. The van der Waals surface area contributed by atoms with Gasteiger partial charge in [0.25, 0.3) is 0 Å². The Hall–Kier alpha value is -2.67. The molecule has 0 spiro atoms. The maximum atomic E-state index is 12.0. The van der Waals surface area contributed by atoms with Crippen molar-refractivity contribution in [3.63, 3.8) is 0 Å². The molecule has 0 amide bonds. The summed E-state index contributed by atoms with van der Waals surface area (Å²) in [5, 5.41) is 26.2. The van der Waals surface area contributed by atoms with Gasteiger partial charge in [-0.1, -0.05) is 0 Å². The van der Waals surface area contributed by atoms with E-state index in [0.29, 0.717) is 0 Å². The molecule has 3 rings (SSSR count). The lowest BCUT2D eigenvalue weighted by molar-refractivity contribution is -0.255. The number of carbonyl (C=O) groups excluding carboxylic acids is 4. The van der Waals surface area contributed by atoms with Gasteiger partial charge in [-0.25, -0.2) is 0 Å². The number of aliphatic hydroxyl groups excluding tert-OH is 2. The van der Waals surface area contributed by atoms with E-state index in [9.17, 15) is 29.4 Å². The number of thiocarbonyl (C=S) groups is 1. The van der Waals surface area contributed by atoms with Gasteiger partial charge in [0.15, 0.2) is 41.7 Å². The monoisotopic (exact) mass is 608 g/mol. The molecule has 0 aromatic heterocycles. The summed E-state index contributed by atoms with van der Waals surface area (Å²) in [7, 11) is 0. The first kappa shape index (κ1) is 32.8. The zero-order chi connectivity index (χ0) is 30.6. The molecule has 0 radical (unpaired) electrons. The van der Waals surface area contributed by atoms with Crippen LogP contribution in [0.4, 0.5) is 0 Å². The van der Waals surface area contributed by atoms with E-state index < -0.39 is 104 Å². The Bertz CT molecular complexity index is 1010. The quantitative estimate of drug-likeness (QED) is 0.128. The van der Waals surface area contributed by atoms with Gasteiger partial charge in [0.1, 0.15) is 31.0 Å². The molecule has 3 heterocycles. The highest BCUT2D eigenvalue weighted by Gasteiger charge is 2.56. The van der Waals surface area contributed by atoms with Crippen molar-refractivity contribution in [2.75, 3.05) is 13.2 Å². The Morgan fingerprint density at radius 3 is 2.02 bits per heavy atom. The largest absolute Gasteiger partial charge is 0.463 e. The zero-order valence-corrected chi connectivity index (χ0v) is 24.2. The van der Waals surface area contributed by atoms with Crippen molar-refractivity contribution in [1.82, 2.24) is 10.6 Å². The molecule has 17 heteroatoms. The highest BCUT2D eigenvalue weighted by molar-refractivity contribution is 7.80. The minimum Gasteiger partial charge on any atom is -0.463 e. The Labute approximate surface area is 241 Å². The third-order valence-electron chi connectivity index (χ3n) is 6.23. The molecule has 3 aliphatic rings. The van der Waals surface area contributed by atoms with Crippen molar-refractivity contribution in [3.8, 4) is 0 Å². The van der Waals surface area contributed by atoms with Crippen LogP contribution in [0.2, 0.25) is 0 Å². The third kappa shape index (κ3) is 8.43. The van der Waals surface area contributed by atoms with E-state index in [4.69, 9.17) is 50.1 Å². The van der Waals surface area contributed by atoms with Crippen molar-refractivity contribution >= 4 is 41.2 Å². The first-order valence-corrected chi connectivity index (χ1v) is 13.2. The van der Waals surface area contributed by atoms with E-state index in [1.807, 2.05) is 0 Å². The van der Waals surface area contributed by atoms with Crippen LogP contribution in [0.15, 0.2) is 0 Å². The summed E-state index contributed by atoms with van der Waals surface area (Å²) in [5.41, 5.74) is 0. The van der Waals surface area contributed by atoms with Crippen molar-refractivity contribution in [1.29, 1.82) is 0 Å². The van der Waals surface area contributed by atoms with Crippen molar-refractivity contribution in [2.24, 2.45) is 0 Å². The normalized spacial score (nSPS) is 34.5. The van der Waals surface area contributed by atoms with Crippen molar-refractivity contribution in [3.05, 3.63) is 0 Å². The fourth-order valence-electron chi connectivity index (χ4n) is 4.76. The predicted molar refractivity (Wildman–Crippen MR) is 136 cm³/mol. The highest BCUT2D eigenvalue weighted by atomic mass is 32.1. The molecule has 0 unspecified atom stereocenters. The van der Waals surface area contributed by atoms with Crippen molar-refractivity contribution in [2.45, 2.75) is 109 Å².